The molecule has 0 saturated heterocycles. The summed E-state index contributed by atoms with van der Waals surface area (Å²) in [5.41, 5.74) is 3.86. The van der Waals surface area contributed by atoms with E-state index in [2.05, 4.69) is 35.8 Å². The maximum Gasteiger partial charge on any atom is 0.0348 e. The predicted molar refractivity (Wildman–Crippen MR) is 55.0 cm³/mol. The van der Waals surface area contributed by atoms with Crippen molar-refractivity contribution in [2.24, 2.45) is 5.84 Å². The van der Waals surface area contributed by atoms with Crippen LogP contribution in [-0.2, 0) is 6.54 Å². The van der Waals surface area contributed by atoms with Gasteiger partial charge < -0.3 is 12.4 Å². The van der Waals surface area contributed by atoms with E-state index in [1.165, 1.54) is 16.3 Å². The van der Waals surface area contributed by atoms with Crippen LogP contribution < -0.4 is 23.7 Å². The quantitative estimate of drug-likeness (QED) is 0.480. The van der Waals surface area contributed by atoms with E-state index in [9.17, 15) is 0 Å². The highest BCUT2D eigenvalue weighted by molar-refractivity contribution is 5.82. The molecule has 0 atom stereocenters. The zero-order valence-electron chi connectivity index (χ0n) is 7.70. The first-order valence-electron chi connectivity index (χ1n) is 4.31. The summed E-state index contributed by atoms with van der Waals surface area (Å²) in [4.78, 5) is 0. The van der Waals surface area contributed by atoms with Gasteiger partial charge >= 0.3 is 0 Å². The highest BCUT2D eigenvalue weighted by Crippen LogP contribution is 2.15. The number of fused-ring (bicyclic) bond motifs is 1. The smallest absolute Gasteiger partial charge is 0.0348 e. The molecule has 2 aromatic carbocycles. The van der Waals surface area contributed by atoms with Gasteiger partial charge in [-0.25, -0.2) is 0 Å². The van der Waals surface area contributed by atoms with Crippen molar-refractivity contribution in [1.82, 2.24) is 5.43 Å². The van der Waals surface area contributed by atoms with Gasteiger partial charge in [0.25, 0.3) is 0 Å². The Labute approximate surface area is 89.5 Å². The van der Waals surface area contributed by atoms with Gasteiger partial charge in [0.05, 0.1) is 0 Å². The van der Waals surface area contributed by atoms with Crippen LogP contribution >= 0.6 is 0 Å². The number of nitrogens with two attached hydrogens (primary N) is 1. The van der Waals surface area contributed by atoms with Crippen LogP contribution in [0.1, 0.15) is 5.56 Å². The molecule has 2 nitrogen and oxygen atoms in total. The van der Waals surface area contributed by atoms with Crippen molar-refractivity contribution in [2.45, 2.75) is 6.54 Å². The molecule has 0 radical (unpaired) electrons. The monoisotopic (exact) mass is 207 g/mol. The first-order valence-corrected chi connectivity index (χ1v) is 4.31. The summed E-state index contributed by atoms with van der Waals surface area (Å²) in [5, 5.41) is 2.53. The van der Waals surface area contributed by atoms with Crippen molar-refractivity contribution in [2.75, 3.05) is 0 Å². The lowest BCUT2D eigenvalue weighted by Gasteiger charge is -2.02. The lowest BCUT2D eigenvalue weighted by Crippen LogP contribution is -3.00. The van der Waals surface area contributed by atoms with Crippen LogP contribution in [0, 0.1) is 0 Å². The maximum absolute atomic E-state index is 5.25. The molecule has 3 N–H and O–H groups in total. The molecular weight excluding hydrogens is 196 g/mol. The van der Waals surface area contributed by atoms with Crippen LogP contribution in [0.15, 0.2) is 42.5 Å². The molecule has 0 aliphatic rings. The molecule has 0 fully saturated rings. The lowest BCUT2D eigenvalue weighted by molar-refractivity contribution is -0.00000268. The van der Waals surface area contributed by atoms with Crippen molar-refractivity contribution in [3.8, 4) is 0 Å². The Hall–Kier alpha value is -1.09. The Kier molecular flexibility index (Phi) is 3.89. The first-order chi connectivity index (χ1) is 6.40. The van der Waals surface area contributed by atoms with Crippen molar-refractivity contribution in [3.63, 3.8) is 0 Å². The van der Waals surface area contributed by atoms with E-state index in [1.54, 1.807) is 0 Å². The third-order valence-electron chi connectivity index (χ3n) is 2.12. The molecule has 0 spiro atoms. The van der Waals surface area contributed by atoms with Crippen molar-refractivity contribution >= 4 is 10.8 Å². The summed E-state index contributed by atoms with van der Waals surface area (Å²) in [6, 6.07) is 14.6. The van der Waals surface area contributed by atoms with E-state index in [4.69, 9.17) is 5.84 Å². The zero-order valence-corrected chi connectivity index (χ0v) is 8.46. The summed E-state index contributed by atoms with van der Waals surface area (Å²) in [7, 11) is 0. The molecule has 74 valence electrons. The van der Waals surface area contributed by atoms with Gasteiger partial charge in [0, 0.05) is 6.54 Å². The fourth-order valence-electron chi connectivity index (χ4n) is 1.47. The average Bonchev–Trinajstić information content (AvgIpc) is 2.18. The highest BCUT2D eigenvalue weighted by atomic mass is 35.5. The predicted octanol–water partition coefficient (Wildman–Crippen LogP) is -1.19. The molecule has 3 heteroatoms. The van der Waals surface area contributed by atoms with Crippen LogP contribution in [0.4, 0.5) is 0 Å². The molecule has 0 aliphatic heterocycles. The van der Waals surface area contributed by atoms with Crippen molar-refractivity contribution in [1.29, 1.82) is 0 Å². The van der Waals surface area contributed by atoms with Gasteiger partial charge in [-0.2, -0.15) is 0 Å². The Morgan fingerprint density at radius 3 is 2.43 bits per heavy atom. The van der Waals surface area contributed by atoms with Gasteiger partial charge in [-0.15, -0.1) is 0 Å². The van der Waals surface area contributed by atoms with Gasteiger partial charge in [-0.1, -0.05) is 36.4 Å². The van der Waals surface area contributed by atoms with E-state index in [-0.39, 0.29) is 12.4 Å². The van der Waals surface area contributed by atoms with E-state index < -0.39 is 0 Å². The SMILES string of the molecule is NNCc1ccc2ccccc2c1.[Cl-]. The number of hydrogen-bond acceptors (Lipinski definition) is 2. The highest BCUT2D eigenvalue weighted by Gasteiger charge is 1.93. The molecular formula is C11H12ClN2-. The second-order valence-corrected chi connectivity index (χ2v) is 3.06. The fraction of sp³-hybridized carbons (Fsp3) is 0.0909. The number of hydrogen-bond donors (Lipinski definition) is 2. The minimum Gasteiger partial charge on any atom is -1.00 e. The van der Waals surface area contributed by atoms with E-state index in [0.717, 1.165) is 0 Å². The Morgan fingerprint density at radius 2 is 1.71 bits per heavy atom. The van der Waals surface area contributed by atoms with Crippen LogP contribution in [0.2, 0.25) is 0 Å². The summed E-state index contributed by atoms with van der Waals surface area (Å²) in [6.45, 7) is 0.713. The molecule has 0 bridgehead atoms. The molecule has 0 saturated carbocycles. The maximum atomic E-state index is 5.25. The standard InChI is InChI=1S/C11H12N2.ClH/c12-13-8-9-5-6-10-3-1-2-4-11(10)7-9;/h1-7,13H,8,12H2;1H/p-1. The van der Waals surface area contributed by atoms with Gasteiger partial charge in [-0.3, -0.25) is 11.3 Å². The van der Waals surface area contributed by atoms with Crippen molar-refractivity contribution in [3.05, 3.63) is 48.0 Å². The zero-order chi connectivity index (χ0) is 9.10. The topological polar surface area (TPSA) is 38.0 Å². The van der Waals surface area contributed by atoms with Crippen molar-refractivity contribution < 1.29 is 12.4 Å². The van der Waals surface area contributed by atoms with E-state index >= 15 is 0 Å². The lowest BCUT2D eigenvalue weighted by atomic mass is 10.1. The summed E-state index contributed by atoms with van der Waals surface area (Å²) in [5.74, 6) is 5.25. The van der Waals surface area contributed by atoms with Crippen LogP contribution in [0.25, 0.3) is 10.8 Å². The molecule has 2 rings (SSSR count). The van der Waals surface area contributed by atoms with Crippen LogP contribution in [0.5, 0.6) is 0 Å². The van der Waals surface area contributed by atoms with Gasteiger partial charge in [0.2, 0.25) is 0 Å². The van der Waals surface area contributed by atoms with Gasteiger partial charge in [0.1, 0.15) is 0 Å². The fourth-order valence-corrected chi connectivity index (χ4v) is 1.47. The number of hydrazine groups is 1. The molecule has 0 amide bonds. The average molecular weight is 208 g/mol. The molecule has 14 heavy (non-hydrogen) atoms. The minimum atomic E-state index is 0. The van der Waals surface area contributed by atoms with Gasteiger partial charge in [0.15, 0.2) is 0 Å². The van der Waals surface area contributed by atoms with Crippen LogP contribution in [-0.4, -0.2) is 0 Å². The Balaban J connectivity index is 0.000000980. The van der Waals surface area contributed by atoms with Crippen LogP contribution in [0.3, 0.4) is 0 Å². The third-order valence-corrected chi connectivity index (χ3v) is 2.12. The summed E-state index contributed by atoms with van der Waals surface area (Å²) in [6.07, 6.45) is 0. The largest absolute Gasteiger partial charge is 1.00 e. The number of rotatable bonds is 2. The molecule has 0 aromatic heterocycles. The Bertz CT molecular complexity index is 415. The normalized spacial score (nSPS) is 9.79. The Morgan fingerprint density at radius 1 is 1.00 bits per heavy atom. The third kappa shape index (κ3) is 2.23. The molecule has 0 unspecified atom stereocenters. The molecule has 2 aromatic rings. The molecule has 0 aliphatic carbocycles. The molecule has 0 heterocycles. The number of halogens is 1. The first kappa shape index (κ1) is 11.0. The summed E-state index contributed by atoms with van der Waals surface area (Å²) >= 11 is 0. The second kappa shape index (κ2) is 4.96. The number of nitrogens with one attached hydrogen (secondary N) is 1. The van der Waals surface area contributed by atoms with Gasteiger partial charge in [-0.05, 0) is 22.4 Å². The minimum absolute atomic E-state index is 0. The second-order valence-electron chi connectivity index (χ2n) is 3.06. The van der Waals surface area contributed by atoms with E-state index in [0.29, 0.717) is 6.54 Å². The number of benzene rings is 2. The van der Waals surface area contributed by atoms with E-state index in [1.807, 2.05) is 12.1 Å². The summed E-state index contributed by atoms with van der Waals surface area (Å²) < 4.78 is 0.